The summed E-state index contributed by atoms with van der Waals surface area (Å²) in [7, 11) is 3.11. The van der Waals surface area contributed by atoms with Gasteiger partial charge in [-0.05, 0) is 43.5 Å². The second kappa shape index (κ2) is 9.76. The number of thiophene rings is 1. The zero-order chi connectivity index (χ0) is 20.7. The highest BCUT2D eigenvalue weighted by atomic mass is 32.1. The number of amides is 1. The Bertz CT molecular complexity index is 914. The monoisotopic (exact) mass is 402 g/mol. The fourth-order valence-corrected chi connectivity index (χ4v) is 3.68. The zero-order valence-electron chi connectivity index (χ0n) is 16.3. The SMILES string of the molecule is CCOC(=O)c1sc(NC(=O)CCc2ccc(OC)c(OC)c2)c(C#N)c1C. The predicted molar refractivity (Wildman–Crippen MR) is 106 cm³/mol. The average Bonchev–Trinajstić information content (AvgIpc) is 3.01. The Morgan fingerprint density at radius 3 is 2.54 bits per heavy atom. The van der Waals surface area contributed by atoms with Crippen molar-refractivity contribution in [3.63, 3.8) is 0 Å². The van der Waals surface area contributed by atoms with Gasteiger partial charge >= 0.3 is 5.97 Å². The van der Waals surface area contributed by atoms with E-state index in [4.69, 9.17) is 14.2 Å². The number of nitrogens with zero attached hydrogens (tertiary/aromatic N) is 1. The first-order chi connectivity index (χ1) is 13.4. The van der Waals surface area contributed by atoms with Crippen molar-refractivity contribution < 1.29 is 23.8 Å². The highest BCUT2D eigenvalue weighted by Gasteiger charge is 2.22. The van der Waals surface area contributed by atoms with Crippen LogP contribution in [0, 0.1) is 18.3 Å². The molecule has 0 bridgehead atoms. The smallest absolute Gasteiger partial charge is 0.348 e. The molecule has 1 amide bonds. The average molecular weight is 402 g/mol. The van der Waals surface area contributed by atoms with E-state index in [1.807, 2.05) is 18.2 Å². The molecule has 2 aromatic rings. The van der Waals surface area contributed by atoms with E-state index in [-0.39, 0.29) is 24.5 Å². The first kappa shape index (κ1) is 21.3. The molecule has 7 nitrogen and oxygen atoms in total. The Balaban J connectivity index is 2.08. The number of hydrogen-bond acceptors (Lipinski definition) is 7. The summed E-state index contributed by atoms with van der Waals surface area (Å²) in [5.74, 6) is 0.477. The molecule has 0 saturated carbocycles. The number of nitriles is 1. The molecule has 28 heavy (non-hydrogen) atoms. The van der Waals surface area contributed by atoms with Crippen LogP contribution in [0.3, 0.4) is 0 Å². The Kier molecular flexibility index (Phi) is 7.41. The highest BCUT2D eigenvalue weighted by molar-refractivity contribution is 7.18. The van der Waals surface area contributed by atoms with Crippen LogP contribution >= 0.6 is 11.3 Å². The molecule has 0 spiro atoms. The maximum absolute atomic E-state index is 12.4. The van der Waals surface area contributed by atoms with Crippen LogP contribution in [-0.4, -0.2) is 32.7 Å². The van der Waals surface area contributed by atoms with Crippen molar-refractivity contribution in [3.8, 4) is 17.6 Å². The van der Waals surface area contributed by atoms with Gasteiger partial charge in [-0.1, -0.05) is 6.07 Å². The van der Waals surface area contributed by atoms with Crippen molar-refractivity contribution in [1.29, 1.82) is 5.26 Å². The molecule has 2 rings (SSSR count). The number of carbonyl (C=O) groups excluding carboxylic acids is 2. The maximum atomic E-state index is 12.4. The number of esters is 1. The number of methoxy groups -OCH3 is 2. The van der Waals surface area contributed by atoms with Gasteiger partial charge in [0.05, 0.1) is 26.4 Å². The summed E-state index contributed by atoms with van der Waals surface area (Å²) >= 11 is 1.05. The van der Waals surface area contributed by atoms with Crippen LogP contribution in [0.15, 0.2) is 18.2 Å². The standard InChI is InChI=1S/C20H22N2O5S/c1-5-27-20(24)18-12(2)14(11-21)19(28-18)22-17(23)9-7-13-6-8-15(25-3)16(10-13)26-4/h6,8,10H,5,7,9H2,1-4H3,(H,22,23). The molecule has 0 unspecified atom stereocenters. The maximum Gasteiger partial charge on any atom is 0.348 e. The van der Waals surface area contributed by atoms with Crippen LogP contribution < -0.4 is 14.8 Å². The van der Waals surface area contributed by atoms with Gasteiger partial charge in [-0.2, -0.15) is 5.26 Å². The van der Waals surface area contributed by atoms with Gasteiger partial charge in [-0.3, -0.25) is 4.79 Å². The van der Waals surface area contributed by atoms with E-state index >= 15 is 0 Å². The number of aryl methyl sites for hydroxylation is 1. The van der Waals surface area contributed by atoms with Crippen LogP contribution in [0.1, 0.15) is 39.7 Å². The Labute approximate surface area is 167 Å². The first-order valence-electron chi connectivity index (χ1n) is 8.66. The van der Waals surface area contributed by atoms with E-state index in [9.17, 15) is 14.9 Å². The van der Waals surface area contributed by atoms with Crippen molar-refractivity contribution in [2.75, 3.05) is 26.1 Å². The summed E-state index contributed by atoms with van der Waals surface area (Å²) in [6.07, 6.45) is 0.704. The van der Waals surface area contributed by atoms with Gasteiger partial charge < -0.3 is 19.5 Å². The number of ether oxygens (including phenoxy) is 3. The molecular formula is C20H22N2O5S. The van der Waals surface area contributed by atoms with E-state index < -0.39 is 5.97 Å². The number of anilines is 1. The predicted octanol–water partition coefficient (Wildman–Crippen LogP) is 3.69. The van der Waals surface area contributed by atoms with Crippen molar-refractivity contribution in [2.45, 2.75) is 26.7 Å². The van der Waals surface area contributed by atoms with Crippen LogP contribution in [-0.2, 0) is 16.0 Å². The first-order valence-corrected chi connectivity index (χ1v) is 9.48. The van der Waals surface area contributed by atoms with E-state index in [1.54, 1.807) is 34.1 Å². The summed E-state index contributed by atoms with van der Waals surface area (Å²) in [6, 6.07) is 7.52. The fraction of sp³-hybridized carbons (Fsp3) is 0.350. The van der Waals surface area contributed by atoms with Gasteiger partial charge in [0, 0.05) is 6.42 Å². The van der Waals surface area contributed by atoms with Crippen LogP contribution in [0.25, 0.3) is 0 Å². The lowest BCUT2D eigenvalue weighted by Crippen LogP contribution is -2.12. The minimum Gasteiger partial charge on any atom is -0.493 e. The number of benzene rings is 1. The van der Waals surface area contributed by atoms with Gasteiger partial charge in [0.25, 0.3) is 0 Å². The van der Waals surface area contributed by atoms with Crippen LogP contribution in [0.4, 0.5) is 5.00 Å². The number of rotatable bonds is 8. The zero-order valence-corrected chi connectivity index (χ0v) is 17.1. The van der Waals surface area contributed by atoms with Gasteiger partial charge in [-0.15, -0.1) is 11.3 Å². The molecule has 1 aromatic carbocycles. The van der Waals surface area contributed by atoms with Crippen LogP contribution in [0.2, 0.25) is 0 Å². The molecule has 0 saturated heterocycles. The molecule has 1 heterocycles. The Morgan fingerprint density at radius 1 is 1.21 bits per heavy atom. The lowest BCUT2D eigenvalue weighted by atomic mass is 10.1. The van der Waals surface area contributed by atoms with Gasteiger partial charge in [0.15, 0.2) is 11.5 Å². The molecule has 0 aliphatic rings. The molecule has 0 aliphatic heterocycles. The van der Waals surface area contributed by atoms with Gasteiger partial charge in [0.1, 0.15) is 15.9 Å². The summed E-state index contributed by atoms with van der Waals surface area (Å²) in [6.45, 7) is 3.62. The van der Waals surface area contributed by atoms with Crippen LogP contribution in [0.5, 0.6) is 11.5 Å². The Morgan fingerprint density at radius 2 is 1.93 bits per heavy atom. The molecule has 1 aromatic heterocycles. The number of hydrogen-bond donors (Lipinski definition) is 1. The van der Waals surface area contributed by atoms with E-state index in [1.165, 1.54) is 0 Å². The summed E-state index contributed by atoms with van der Waals surface area (Å²) < 4.78 is 15.5. The molecule has 1 N–H and O–H groups in total. The number of nitrogens with one attached hydrogen (secondary N) is 1. The van der Waals surface area contributed by atoms with Crippen molar-refractivity contribution >= 4 is 28.2 Å². The normalized spacial score (nSPS) is 10.1. The third-order valence-electron chi connectivity index (χ3n) is 4.06. The van der Waals surface area contributed by atoms with E-state index in [0.29, 0.717) is 33.4 Å². The fourth-order valence-electron chi connectivity index (χ4n) is 2.61. The van der Waals surface area contributed by atoms with E-state index in [2.05, 4.69) is 5.32 Å². The van der Waals surface area contributed by atoms with Crippen molar-refractivity contribution in [3.05, 3.63) is 39.8 Å². The summed E-state index contributed by atoms with van der Waals surface area (Å²) in [5, 5.41) is 12.5. The lowest BCUT2D eigenvalue weighted by Gasteiger charge is -2.09. The van der Waals surface area contributed by atoms with Gasteiger partial charge in [-0.25, -0.2) is 4.79 Å². The lowest BCUT2D eigenvalue weighted by molar-refractivity contribution is -0.116. The Hall–Kier alpha value is -3.05. The summed E-state index contributed by atoms with van der Waals surface area (Å²) in [5.41, 5.74) is 1.72. The summed E-state index contributed by atoms with van der Waals surface area (Å²) in [4.78, 5) is 24.7. The quantitative estimate of drug-likeness (QED) is 0.676. The molecule has 0 radical (unpaired) electrons. The van der Waals surface area contributed by atoms with Crippen molar-refractivity contribution in [2.24, 2.45) is 0 Å². The number of carbonyl (C=O) groups is 2. The molecule has 0 atom stereocenters. The third-order valence-corrected chi connectivity index (χ3v) is 5.25. The molecular weight excluding hydrogens is 380 g/mol. The molecule has 0 aliphatic carbocycles. The molecule has 148 valence electrons. The second-order valence-corrected chi connectivity index (χ2v) is 6.85. The molecule has 8 heteroatoms. The third kappa shape index (κ3) is 4.81. The largest absolute Gasteiger partial charge is 0.493 e. The van der Waals surface area contributed by atoms with Gasteiger partial charge in [0.2, 0.25) is 5.91 Å². The minimum atomic E-state index is -0.493. The minimum absolute atomic E-state index is 0.214. The second-order valence-electron chi connectivity index (χ2n) is 5.83. The topological polar surface area (TPSA) is 97.7 Å². The van der Waals surface area contributed by atoms with Crippen molar-refractivity contribution in [1.82, 2.24) is 0 Å². The van der Waals surface area contributed by atoms with E-state index in [0.717, 1.165) is 16.9 Å². The molecule has 0 fully saturated rings. The highest BCUT2D eigenvalue weighted by Crippen LogP contribution is 2.33.